The molecule has 7 nitrogen and oxygen atoms in total. The summed E-state index contributed by atoms with van der Waals surface area (Å²) in [7, 11) is -3.63. The van der Waals surface area contributed by atoms with Crippen molar-refractivity contribution in [3.63, 3.8) is 0 Å². The molecule has 2 aromatic heterocycles. The number of aromatic nitrogens is 1. The molecule has 4 aromatic rings. The van der Waals surface area contributed by atoms with Crippen molar-refractivity contribution in [1.29, 1.82) is 0 Å². The molecule has 4 rings (SSSR count). The number of amides is 1. The molecular formula is C28H33N3O4S2. The average Bonchev–Trinajstić information content (AvgIpc) is 3.56. The first-order chi connectivity index (χ1) is 17.8. The van der Waals surface area contributed by atoms with Gasteiger partial charge in [0, 0.05) is 18.7 Å². The molecule has 2 aromatic carbocycles. The van der Waals surface area contributed by atoms with Crippen LogP contribution in [0, 0.1) is 0 Å². The van der Waals surface area contributed by atoms with E-state index in [4.69, 9.17) is 9.40 Å². The normalized spacial score (nSPS) is 12.1. The number of fused-ring (bicyclic) bond motifs is 1. The maximum atomic E-state index is 13.8. The van der Waals surface area contributed by atoms with Crippen LogP contribution >= 0.6 is 11.3 Å². The molecule has 2 heterocycles. The Labute approximate surface area is 222 Å². The highest BCUT2D eigenvalue weighted by atomic mass is 32.2. The first kappa shape index (κ1) is 27.0. The molecule has 0 spiro atoms. The number of carbonyl (C=O) groups excluding carboxylic acids is 1. The molecule has 9 heteroatoms. The van der Waals surface area contributed by atoms with Crippen molar-refractivity contribution in [3.8, 4) is 0 Å². The zero-order chi connectivity index (χ0) is 26.6. The van der Waals surface area contributed by atoms with Crippen LogP contribution < -0.4 is 4.90 Å². The van der Waals surface area contributed by atoms with Gasteiger partial charge in [-0.2, -0.15) is 4.31 Å². The summed E-state index contributed by atoms with van der Waals surface area (Å²) in [5.74, 6) is 0.650. The molecule has 196 valence electrons. The predicted octanol–water partition coefficient (Wildman–Crippen LogP) is 6.67. The van der Waals surface area contributed by atoms with E-state index in [-0.39, 0.29) is 17.3 Å². The summed E-state index contributed by atoms with van der Waals surface area (Å²) in [5.41, 5.74) is 2.40. The van der Waals surface area contributed by atoms with Crippen molar-refractivity contribution in [3.05, 3.63) is 77.7 Å². The van der Waals surface area contributed by atoms with Gasteiger partial charge in [0.1, 0.15) is 5.76 Å². The van der Waals surface area contributed by atoms with E-state index in [9.17, 15) is 13.2 Å². The second-order valence-electron chi connectivity index (χ2n) is 9.19. The molecule has 0 saturated heterocycles. The van der Waals surface area contributed by atoms with E-state index in [2.05, 4.69) is 19.9 Å². The Morgan fingerprint density at radius 2 is 1.81 bits per heavy atom. The van der Waals surface area contributed by atoms with Crippen LogP contribution in [0.3, 0.4) is 0 Å². The van der Waals surface area contributed by atoms with Crippen LogP contribution in [0.5, 0.6) is 0 Å². The number of furan rings is 1. The second kappa shape index (κ2) is 11.6. The van der Waals surface area contributed by atoms with Gasteiger partial charge in [0.2, 0.25) is 10.0 Å². The standard InChI is InChI=1S/C28H33N3O4S2/c1-5-7-17-30(6-2)37(33,34)23-15-13-21(14-16-23)27(32)31(19-22-10-9-18-35-22)28-29-26-24(20(3)4)11-8-12-25(26)36-28/h8-16,18,20H,5-7,17,19H2,1-4H3. The number of carbonyl (C=O) groups is 1. The number of anilines is 1. The maximum Gasteiger partial charge on any atom is 0.260 e. The van der Waals surface area contributed by atoms with Gasteiger partial charge in [-0.25, -0.2) is 13.4 Å². The van der Waals surface area contributed by atoms with E-state index < -0.39 is 10.0 Å². The summed E-state index contributed by atoms with van der Waals surface area (Å²) in [5, 5.41) is 0.568. The third-order valence-corrected chi connectivity index (χ3v) is 9.32. The third kappa shape index (κ3) is 5.79. The van der Waals surface area contributed by atoms with Crippen LogP contribution in [0.15, 0.2) is 70.2 Å². The topological polar surface area (TPSA) is 83.7 Å². The van der Waals surface area contributed by atoms with Gasteiger partial charge in [0.15, 0.2) is 5.13 Å². The third-order valence-electron chi connectivity index (χ3n) is 6.28. The minimum absolute atomic E-state index is 0.182. The summed E-state index contributed by atoms with van der Waals surface area (Å²) < 4.78 is 34.2. The van der Waals surface area contributed by atoms with Crippen molar-refractivity contribution >= 4 is 42.6 Å². The smallest absolute Gasteiger partial charge is 0.260 e. The van der Waals surface area contributed by atoms with Gasteiger partial charge in [0.25, 0.3) is 5.91 Å². The number of hydrogen-bond acceptors (Lipinski definition) is 6. The van der Waals surface area contributed by atoms with Crippen molar-refractivity contribution in [1.82, 2.24) is 9.29 Å². The Bertz CT molecular complexity index is 1440. The van der Waals surface area contributed by atoms with E-state index in [1.807, 2.05) is 32.0 Å². The monoisotopic (exact) mass is 539 g/mol. The summed E-state index contributed by atoms with van der Waals surface area (Å²) in [6, 6.07) is 15.9. The SMILES string of the molecule is CCCCN(CC)S(=O)(=O)c1ccc(C(=O)N(Cc2ccco2)c2nc3c(C(C)C)cccc3s2)cc1. The molecule has 0 bridgehead atoms. The zero-order valence-electron chi connectivity index (χ0n) is 21.7. The van der Waals surface area contributed by atoms with Crippen LogP contribution in [-0.2, 0) is 16.6 Å². The predicted molar refractivity (Wildman–Crippen MR) is 149 cm³/mol. The minimum Gasteiger partial charge on any atom is -0.467 e. The molecule has 0 unspecified atom stereocenters. The molecule has 0 N–H and O–H groups in total. The fourth-order valence-electron chi connectivity index (χ4n) is 4.18. The molecule has 0 aliphatic heterocycles. The molecule has 0 atom stereocenters. The van der Waals surface area contributed by atoms with E-state index in [0.29, 0.717) is 35.5 Å². The number of hydrogen-bond donors (Lipinski definition) is 0. The van der Waals surface area contributed by atoms with Crippen LogP contribution in [0.2, 0.25) is 0 Å². The van der Waals surface area contributed by atoms with E-state index >= 15 is 0 Å². The second-order valence-corrected chi connectivity index (χ2v) is 12.1. The quantitative estimate of drug-likeness (QED) is 0.213. The molecule has 0 fully saturated rings. The van der Waals surface area contributed by atoms with Gasteiger partial charge in [0.05, 0.1) is 27.9 Å². The van der Waals surface area contributed by atoms with E-state index in [0.717, 1.165) is 28.6 Å². The largest absolute Gasteiger partial charge is 0.467 e. The molecule has 1 amide bonds. The summed E-state index contributed by atoms with van der Waals surface area (Å²) in [6.07, 6.45) is 3.28. The van der Waals surface area contributed by atoms with Crippen LogP contribution in [0.1, 0.15) is 68.1 Å². The maximum absolute atomic E-state index is 13.8. The van der Waals surface area contributed by atoms with Gasteiger partial charge in [-0.15, -0.1) is 0 Å². The Balaban J connectivity index is 1.68. The van der Waals surface area contributed by atoms with Crippen LogP contribution in [0.4, 0.5) is 5.13 Å². The molecule has 0 aliphatic rings. The van der Waals surface area contributed by atoms with E-state index in [1.165, 1.54) is 27.8 Å². The first-order valence-electron chi connectivity index (χ1n) is 12.6. The average molecular weight is 540 g/mol. The molecule has 0 radical (unpaired) electrons. The van der Waals surface area contributed by atoms with Crippen molar-refractivity contribution in [2.24, 2.45) is 0 Å². The van der Waals surface area contributed by atoms with Gasteiger partial charge >= 0.3 is 0 Å². The van der Waals surface area contributed by atoms with Gasteiger partial charge in [-0.1, -0.05) is 57.6 Å². The number of sulfonamides is 1. The Hall–Kier alpha value is -3.01. The van der Waals surface area contributed by atoms with Crippen molar-refractivity contribution in [2.75, 3.05) is 18.0 Å². The molecule has 37 heavy (non-hydrogen) atoms. The minimum atomic E-state index is -3.63. The number of nitrogens with zero attached hydrogens (tertiary/aromatic N) is 3. The van der Waals surface area contributed by atoms with Gasteiger partial charge in [-0.05, 0) is 60.4 Å². The number of unbranched alkanes of at least 4 members (excludes halogenated alkanes) is 1. The lowest BCUT2D eigenvalue weighted by Gasteiger charge is -2.21. The lowest BCUT2D eigenvalue weighted by molar-refractivity contribution is 0.0983. The summed E-state index contributed by atoms with van der Waals surface area (Å²) in [4.78, 5) is 20.4. The fraction of sp³-hybridized carbons (Fsp3) is 0.357. The lowest BCUT2D eigenvalue weighted by Crippen LogP contribution is -2.32. The van der Waals surface area contributed by atoms with E-state index in [1.54, 1.807) is 29.4 Å². The Morgan fingerprint density at radius 3 is 2.43 bits per heavy atom. The molecular weight excluding hydrogens is 506 g/mol. The zero-order valence-corrected chi connectivity index (χ0v) is 23.3. The Kier molecular flexibility index (Phi) is 8.46. The number of benzene rings is 2. The highest BCUT2D eigenvalue weighted by Gasteiger charge is 2.26. The van der Waals surface area contributed by atoms with Crippen molar-refractivity contribution in [2.45, 2.75) is 57.9 Å². The molecule has 0 saturated carbocycles. The highest BCUT2D eigenvalue weighted by Crippen LogP contribution is 2.35. The highest BCUT2D eigenvalue weighted by molar-refractivity contribution is 7.89. The lowest BCUT2D eigenvalue weighted by atomic mass is 10.0. The first-order valence-corrected chi connectivity index (χ1v) is 14.9. The number of para-hydroxylation sites is 1. The van der Waals surface area contributed by atoms with Gasteiger partial charge < -0.3 is 4.42 Å². The molecule has 0 aliphatic carbocycles. The number of thiazole rings is 1. The van der Waals surface area contributed by atoms with Crippen molar-refractivity contribution < 1.29 is 17.6 Å². The fourth-order valence-corrected chi connectivity index (χ4v) is 6.67. The Morgan fingerprint density at radius 1 is 1.05 bits per heavy atom. The van der Waals surface area contributed by atoms with Crippen LogP contribution in [0.25, 0.3) is 10.2 Å². The van der Waals surface area contributed by atoms with Crippen LogP contribution in [-0.4, -0.2) is 36.7 Å². The summed E-state index contributed by atoms with van der Waals surface area (Å²) in [6.45, 7) is 9.20. The summed E-state index contributed by atoms with van der Waals surface area (Å²) >= 11 is 1.45. The van der Waals surface area contributed by atoms with Gasteiger partial charge in [-0.3, -0.25) is 9.69 Å². The number of rotatable bonds is 11.